The summed E-state index contributed by atoms with van der Waals surface area (Å²) in [6.45, 7) is 2.03. The quantitative estimate of drug-likeness (QED) is 0.714. The predicted molar refractivity (Wildman–Crippen MR) is 96.5 cm³/mol. The second kappa shape index (κ2) is 6.70. The van der Waals surface area contributed by atoms with Crippen molar-refractivity contribution in [1.29, 1.82) is 0 Å². The summed E-state index contributed by atoms with van der Waals surface area (Å²) in [5.74, 6) is 0. The van der Waals surface area contributed by atoms with Gasteiger partial charge in [-0.25, -0.2) is 8.42 Å². The van der Waals surface area contributed by atoms with Crippen LogP contribution in [0.2, 0.25) is 10.0 Å². The summed E-state index contributed by atoms with van der Waals surface area (Å²) in [5, 5.41) is 9.28. The van der Waals surface area contributed by atoms with Gasteiger partial charge in [-0.1, -0.05) is 29.3 Å². The minimum atomic E-state index is -3.73. The first-order valence-electron chi connectivity index (χ1n) is 7.24. The van der Waals surface area contributed by atoms with E-state index in [-0.39, 0.29) is 4.90 Å². The molecule has 0 aliphatic rings. The van der Waals surface area contributed by atoms with Crippen molar-refractivity contribution in [2.45, 2.75) is 18.4 Å². The van der Waals surface area contributed by atoms with Gasteiger partial charge in [-0.15, -0.1) is 0 Å². The van der Waals surface area contributed by atoms with Crippen molar-refractivity contribution < 1.29 is 8.42 Å². The molecule has 1 N–H and O–H groups in total. The lowest BCUT2D eigenvalue weighted by molar-refractivity contribution is 0.600. The Morgan fingerprint density at radius 2 is 2.00 bits per heavy atom. The zero-order chi connectivity index (χ0) is 18.2. The average molecular weight is 400 g/mol. The van der Waals surface area contributed by atoms with Gasteiger partial charge in [0, 0.05) is 29.5 Å². The van der Waals surface area contributed by atoms with Gasteiger partial charge in [0.2, 0.25) is 0 Å². The van der Waals surface area contributed by atoms with Crippen LogP contribution >= 0.6 is 23.2 Å². The molecule has 0 atom stereocenters. The smallest absolute Gasteiger partial charge is 0.265 e. The Labute approximate surface area is 155 Å². The third-order valence-corrected chi connectivity index (χ3v) is 5.56. The fraction of sp³-hybridized carbons (Fsp3) is 0.200. The van der Waals surface area contributed by atoms with Gasteiger partial charge in [-0.2, -0.15) is 10.2 Å². The summed E-state index contributed by atoms with van der Waals surface area (Å²) in [7, 11) is -2.06. The van der Waals surface area contributed by atoms with Gasteiger partial charge in [0.1, 0.15) is 4.90 Å². The molecule has 25 heavy (non-hydrogen) atoms. The van der Waals surface area contributed by atoms with E-state index < -0.39 is 10.0 Å². The Balaban J connectivity index is 1.78. The van der Waals surface area contributed by atoms with E-state index in [0.717, 1.165) is 5.56 Å². The van der Waals surface area contributed by atoms with Crippen molar-refractivity contribution in [3.8, 4) is 0 Å². The average Bonchev–Trinajstić information content (AvgIpc) is 3.08. The lowest BCUT2D eigenvalue weighted by Gasteiger charge is -2.05. The van der Waals surface area contributed by atoms with E-state index in [0.29, 0.717) is 28.0 Å². The number of sulfonamides is 1. The minimum absolute atomic E-state index is 0.128. The van der Waals surface area contributed by atoms with Crippen molar-refractivity contribution in [3.05, 3.63) is 58.1 Å². The molecule has 0 spiro atoms. The predicted octanol–water partition coefficient (Wildman–Crippen LogP) is 3.08. The molecule has 132 valence electrons. The molecule has 0 amide bonds. The number of benzene rings is 1. The highest BCUT2D eigenvalue weighted by Gasteiger charge is 2.20. The lowest BCUT2D eigenvalue weighted by atomic mass is 10.2. The summed E-state index contributed by atoms with van der Waals surface area (Å²) < 4.78 is 30.5. The molecule has 0 aliphatic heterocycles. The highest BCUT2D eigenvalue weighted by Crippen LogP contribution is 2.22. The van der Waals surface area contributed by atoms with Gasteiger partial charge in [0.05, 0.1) is 24.1 Å². The highest BCUT2D eigenvalue weighted by molar-refractivity contribution is 7.92. The topological polar surface area (TPSA) is 81.8 Å². The molecular formula is C15H15Cl2N5O2S. The van der Waals surface area contributed by atoms with E-state index in [1.165, 1.54) is 17.1 Å². The standard InChI is InChI=1S/C15H15Cl2N5O2S/c1-10-15(9-21(2)19-10)25(23,24)20-13-6-18-22(8-13)7-11-3-4-12(16)5-14(11)17/h3-6,8-9,20H,7H2,1-2H3. The Hall–Kier alpha value is -2.03. The second-order valence-corrected chi connectivity index (χ2v) is 8.01. The lowest BCUT2D eigenvalue weighted by Crippen LogP contribution is -2.13. The van der Waals surface area contributed by atoms with E-state index in [2.05, 4.69) is 14.9 Å². The van der Waals surface area contributed by atoms with E-state index in [4.69, 9.17) is 23.2 Å². The Morgan fingerprint density at radius 3 is 2.64 bits per heavy atom. The van der Waals surface area contributed by atoms with E-state index in [9.17, 15) is 8.42 Å². The van der Waals surface area contributed by atoms with E-state index in [1.54, 1.807) is 43.0 Å². The summed E-state index contributed by atoms with van der Waals surface area (Å²) in [6.07, 6.45) is 4.48. The Kier molecular flexibility index (Phi) is 4.77. The van der Waals surface area contributed by atoms with Crippen LogP contribution in [0.25, 0.3) is 0 Å². The Morgan fingerprint density at radius 1 is 1.24 bits per heavy atom. The second-order valence-electron chi connectivity index (χ2n) is 5.52. The molecule has 2 aromatic heterocycles. The number of aromatic nitrogens is 4. The number of nitrogens with zero attached hydrogens (tertiary/aromatic N) is 4. The molecule has 0 fully saturated rings. The van der Waals surface area contributed by atoms with Crippen molar-refractivity contribution in [1.82, 2.24) is 19.6 Å². The van der Waals surface area contributed by atoms with Crippen LogP contribution in [0.4, 0.5) is 5.69 Å². The number of hydrogen-bond acceptors (Lipinski definition) is 4. The molecule has 0 radical (unpaired) electrons. The summed E-state index contributed by atoms with van der Waals surface area (Å²) in [6, 6.07) is 5.19. The number of anilines is 1. The van der Waals surface area contributed by atoms with Gasteiger partial charge in [0.25, 0.3) is 10.0 Å². The first-order valence-corrected chi connectivity index (χ1v) is 9.48. The van der Waals surface area contributed by atoms with E-state index in [1.807, 2.05) is 0 Å². The zero-order valence-electron chi connectivity index (χ0n) is 13.4. The van der Waals surface area contributed by atoms with Crippen molar-refractivity contribution in [2.24, 2.45) is 7.05 Å². The molecule has 7 nitrogen and oxygen atoms in total. The zero-order valence-corrected chi connectivity index (χ0v) is 15.8. The number of halogens is 2. The molecule has 3 rings (SSSR count). The molecule has 0 bridgehead atoms. The third kappa shape index (κ3) is 3.97. The molecule has 10 heteroatoms. The van der Waals surface area contributed by atoms with Crippen LogP contribution in [0.1, 0.15) is 11.3 Å². The number of rotatable bonds is 5. The molecule has 0 saturated heterocycles. The van der Waals surface area contributed by atoms with Crippen molar-refractivity contribution in [2.75, 3.05) is 4.72 Å². The monoisotopic (exact) mass is 399 g/mol. The summed E-state index contributed by atoms with van der Waals surface area (Å²) >= 11 is 12.0. The summed E-state index contributed by atoms with van der Waals surface area (Å²) in [4.78, 5) is 0.128. The normalized spacial score (nSPS) is 11.7. The first kappa shape index (κ1) is 17.8. The first-order chi connectivity index (χ1) is 11.7. The minimum Gasteiger partial charge on any atom is -0.276 e. The molecular weight excluding hydrogens is 385 g/mol. The van der Waals surface area contributed by atoms with Crippen LogP contribution in [0, 0.1) is 6.92 Å². The van der Waals surface area contributed by atoms with Gasteiger partial charge in [-0.3, -0.25) is 14.1 Å². The molecule has 1 aromatic carbocycles. The van der Waals surface area contributed by atoms with Crippen LogP contribution < -0.4 is 4.72 Å². The maximum atomic E-state index is 12.5. The number of hydrogen-bond donors (Lipinski definition) is 1. The van der Waals surface area contributed by atoms with Gasteiger partial charge in [0.15, 0.2) is 0 Å². The fourth-order valence-electron chi connectivity index (χ4n) is 2.38. The Bertz CT molecular complexity index is 1030. The van der Waals surface area contributed by atoms with Crippen molar-refractivity contribution >= 4 is 38.9 Å². The largest absolute Gasteiger partial charge is 0.276 e. The van der Waals surface area contributed by atoms with Crippen LogP contribution in [0.5, 0.6) is 0 Å². The van der Waals surface area contributed by atoms with E-state index >= 15 is 0 Å². The van der Waals surface area contributed by atoms with Gasteiger partial charge < -0.3 is 0 Å². The third-order valence-electron chi connectivity index (χ3n) is 3.49. The maximum absolute atomic E-state index is 12.5. The van der Waals surface area contributed by atoms with Crippen molar-refractivity contribution in [3.63, 3.8) is 0 Å². The number of nitrogens with one attached hydrogen (secondary N) is 1. The molecule has 3 aromatic rings. The highest BCUT2D eigenvalue weighted by atomic mass is 35.5. The fourth-order valence-corrected chi connectivity index (χ4v) is 4.09. The molecule has 0 unspecified atom stereocenters. The van der Waals surface area contributed by atoms with Crippen LogP contribution in [-0.2, 0) is 23.6 Å². The summed E-state index contributed by atoms with van der Waals surface area (Å²) in [5.41, 5.74) is 1.61. The SMILES string of the molecule is Cc1nn(C)cc1S(=O)(=O)Nc1cnn(Cc2ccc(Cl)cc2Cl)c1. The van der Waals surface area contributed by atoms with Crippen LogP contribution in [0.3, 0.4) is 0 Å². The number of aryl methyl sites for hydroxylation is 2. The maximum Gasteiger partial charge on any atom is 0.265 e. The van der Waals surface area contributed by atoms with Gasteiger partial charge >= 0.3 is 0 Å². The molecule has 2 heterocycles. The molecule has 0 saturated carbocycles. The van der Waals surface area contributed by atoms with Gasteiger partial charge in [-0.05, 0) is 24.6 Å². The molecule has 0 aliphatic carbocycles. The van der Waals surface area contributed by atoms with Crippen LogP contribution in [0.15, 0.2) is 41.7 Å². The van der Waals surface area contributed by atoms with Crippen LogP contribution in [-0.4, -0.2) is 28.0 Å².